The molecule has 27 heteroatoms. The second-order valence-electron chi connectivity index (χ2n) is 6.82. The van der Waals surface area contributed by atoms with Crippen LogP contribution in [0.1, 0.15) is 23.3 Å². The van der Waals surface area contributed by atoms with Gasteiger partial charge in [-0.3, -0.25) is 0 Å². The first-order valence-corrected chi connectivity index (χ1v) is 11.0. The number of anilines is 1. The molecule has 1 saturated carbocycles. The van der Waals surface area contributed by atoms with Crippen LogP contribution >= 0.6 is 22.9 Å². The fraction of sp³-hybridized carbons (Fsp3) is 0.312. The molecule has 0 spiro atoms. The number of quaternary nitrogens is 1. The van der Waals surface area contributed by atoms with E-state index in [9.17, 15) is 4.79 Å². The Hall–Kier alpha value is -4.18. The van der Waals surface area contributed by atoms with Crippen molar-refractivity contribution in [1.29, 1.82) is 0 Å². The van der Waals surface area contributed by atoms with E-state index < -0.39 is 25.4 Å². The molecule has 236 valence electrons. The van der Waals surface area contributed by atoms with Crippen LogP contribution in [0.25, 0.3) is 0 Å². The molecule has 2 aromatic rings. The molecule has 1 fully saturated rings. The predicted octanol–water partition coefficient (Wildman–Crippen LogP) is 3.71. The minimum Gasteiger partial charge on any atom is -0.369 e. The van der Waals surface area contributed by atoms with E-state index in [0.29, 0.717) is 10.9 Å². The zero-order chi connectivity index (χ0) is 32.5. The molecule has 1 aliphatic heterocycles. The van der Waals surface area contributed by atoms with E-state index in [0.717, 1.165) is 24.1 Å². The second kappa shape index (κ2) is 22.4. The molecular weight excluding hydrogens is 768 g/mol. The van der Waals surface area contributed by atoms with E-state index >= 15 is 0 Å². The predicted molar refractivity (Wildman–Crippen MR) is 144 cm³/mol. The molecule has 2 amide bonds. The summed E-state index contributed by atoms with van der Waals surface area (Å²) in [5, 5.41) is 79.5. The first-order valence-electron chi connectivity index (χ1n) is 9.76. The Kier molecular flexibility index (Phi) is 23.9. The van der Waals surface area contributed by atoms with E-state index in [-0.39, 0.29) is 59.5 Å². The van der Waals surface area contributed by atoms with Gasteiger partial charge in [-0.1, -0.05) is 17.7 Å². The number of rotatable bonds is 2. The minimum absolute atomic E-state index is 0. The van der Waals surface area contributed by atoms with Crippen molar-refractivity contribution in [2.75, 3.05) is 12.4 Å². The minimum atomic E-state index is -1.75. The van der Waals surface area contributed by atoms with Crippen LogP contribution < -0.4 is 11.5 Å². The average Bonchev–Trinajstić information content (AvgIpc) is 3.47. The Balaban J connectivity index is -0.000000288. The summed E-state index contributed by atoms with van der Waals surface area (Å²) in [4.78, 5) is 56.8. The maximum atomic E-state index is 12.5. The van der Waals surface area contributed by atoms with Crippen LogP contribution in [0, 0.1) is 124 Å². The number of halogens is 1. The van der Waals surface area contributed by atoms with Gasteiger partial charge in [0.05, 0.1) is 25.4 Å². The van der Waals surface area contributed by atoms with E-state index in [1.54, 1.807) is 11.3 Å². The van der Waals surface area contributed by atoms with Crippen molar-refractivity contribution < 1.29 is 72.0 Å². The Bertz CT molecular complexity index is 1120. The number of fused-ring (bicyclic) bond motifs is 1. The van der Waals surface area contributed by atoms with E-state index in [4.69, 9.17) is 88.2 Å². The van der Waals surface area contributed by atoms with Gasteiger partial charge >= 0.3 is 47.8 Å². The third kappa shape index (κ3) is 18.8. The van der Waals surface area contributed by atoms with Crippen LogP contribution in [0.2, 0.25) is 5.02 Å². The van der Waals surface area contributed by atoms with Crippen molar-refractivity contribution in [3.05, 3.63) is 128 Å². The number of urea groups is 1. The summed E-state index contributed by atoms with van der Waals surface area (Å²) < 4.78 is 0. The zero-order valence-electron chi connectivity index (χ0n) is 21.5. The van der Waals surface area contributed by atoms with Crippen molar-refractivity contribution in [3.8, 4) is 0 Å². The molecule has 43 heavy (non-hydrogen) atoms. The molecule has 24 nitrogen and oxygen atoms in total. The second-order valence-corrected chi connectivity index (χ2v) is 8.20. The van der Waals surface area contributed by atoms with Gasteiger partial charge < -0.3 is 93.0 Å². The summed E-state index contributed by atoms with van der Waals surface area (Å²) in [7, 11) is 1.89. The van der Waals surface area contributed by atoms with Gasteiger partial charge in [0, 0.05) is 28.2 Å². The number of hydrogen-bond donors (Lipinski definition) is 2. The van der Waals surface area contributed by atoms with Gasteiger partial charge in [-0.05, 0) is 48.4 Å². The molecule has 2 heterocycles. The first-order chi connectivity index (χ1) is 18.8. The first kappa shape index (κ1) is 45.8. The number of nitrogens with one attached hydrogen (secondary N) is 1. The number of carbonyl (C=O) groups excluding carboxylic acids is 1. The molecule has 0 radical (unpaired) electrons. The normalized spacial score (nSPS) is 14.8. The van der Waals surface area contributed by atoms with Gasteiger partial charge in [-0.25, -0.2) is 4.79 Å². The molecule has 4 rings (SSSR count). The number of thiophene rings is 1. The summed E-state index contributed by atoms with van der Waals surface area (Å²) in [5.41, 5.74) is 1.61. The molecule has 1 atom stereocenters. The van der Waals surface area contributed by atoms with Crippen LogP contribution in [0.3, 0.4) is 0 Å². The quantitative estimate of drug-likeness (QED) is 0.323. The molecule has 1 aromatic heterocycles. The average molecular weight is 787 g/mol. The number of benzene rings is 1. The molecule has 5 N–H and O–H groups in total. The van der Waals surface area contributed by atoms with E-state index in [1.165, 1.54) is 4.88 Å². The number of hydrogen-bond acceptors (Lipinski definition) is 17. The molecule has 1 unspecified atom stereocenters. The maximum Gasteiger partial charge on any atom is 4.00 e. The van der Waals surface area contributed by atoms with Crippen LogP contribution in [0.15, 0.2) is 35.7 Å². The summed E-state index contributed by atoms with van der Waals surface area (Å²) >= 11 is 7.95. The topological polar surface area (TPSA) is 400 Å². The van der Waals surface area contributed by atoms with Gasteiger partial charge in [-0.15, -0.1) is 11.3 Å². The smallest absolute Gasteiger partial charge is 0.369 e. The molecule has 0 saturated heterocycles. The summed E-state index contributed by atoms with van der Waals surface area (Å²) in [6, 6.07) is 9.87. The van der Waals surface area contributed by atoms with Crippen LogP contribution in [0.4, 0.5) is 10.5 Å². The summed E-state index contributed by atoms with van der Waals surface area (Å²) in [5.74, 6) is 0.462. The van der Waals surface area contributed by atoms with Gasteiger partial charge in [0.2, 0.25) is 0 Å². The van der Waals surface area contributed by atoms with Gasteiger partial charge in [0.1, 0.15) is 5.54 Å². The van der Waals surface area contributed by atoms with Crippen molar-refractivity contribution in [2.24, 2.45) is 5.92 Å². The number of nitrogens with zero attached hydrogens (tertiary/aromatic N) is 6. The van der Waals surface area contributed by atoms with Gasteiger partial charge in [0.15, 0.2) is 0 Å². The SMILES string of the molecule is CN1C(=O)Nc2ccc(Cl)cc2C1(c1cccs1)C1CC1.O=[N+]([O-])[O-].O=[N+]([O-])[O-].O=[N+]([O-])[O-].O=[N+]([O-])[O-].O=[N+]([O-])[O-].[Ce+4].[NH4+]. The molecule has 1 aliphatic carbocycles. The molecular formula is C16H19CeClN8O16S. The Morgan fingerprint density at radius 2 is 1.23 bits per heavy atom. The number of amides is 2. The van der Waals surface area contributed by atoms with Crippen LogP contribution in [0.5, 0.6) is 0 Å². The van der Waals surface area contributed by atoms with Crippen molar-refractivity contribution in [3.63, 3.8) is 0 Å². The van der Waals surface area contributed by atoms with Crippen LogP contribution in [-0.4, -0.2) is 43.4 Å². The van der Waals surface area contributed by atoms with Crippen molar-refractivity contribution >= 4 is 34.7 Å². The zero-order valence-corrected chi connectivity index (χ0v) is 26.2. The third-order valence-electron chi connectivity index (χ3n) is 4.53. The molecule has 2 aliphatic rings. The van der Waals surface area contributed by atoms with E-state index in [1.807, 2.05) is 30.1 Å². The maximum absolute atomic E-state index is 12.5. The largest absolute Gasteiger partial charge is 4.00 e. The van der Waals surface area contributed by atoms with Crippen molar-refractivity contribution in [1.82, 2.24) is 11.1 Å². The van der Waals surface area contributed by atoms with Crippen molar-refractivity contribution in [2.45, 2.75) is 18.4 Å². The fourth-order valence-corrected chi connectivity index (χ4v) is 4.70. The molecule has 1 aromatic carbocycles. The number of carbonyl (C=O) groups is 1. The molecule has 0 bridgehead atoms. The Morgan fingerprint density at radius 1 is 0.837 bits per heavy atom. The van der Waals surface area contributed by atoms with Crippen LogP contribution in [-0.2, 0) is 5.54 Å². The summed E-state index contributed by atoms with van der Waals surface area (Å²) in [6.45, 7) is 0. The van der Waals surface area contributed by atoms with E-state index in [2.05, 4.69) is 22.8 Å². The standard InChI is InChI=1S/C16H15ClN2OS.Ce.5NO3.H3N/c1-19-15(20)18-13-7-6-11(17)9-12(13)16(19,10-4-5-10)14-3-2-8-21-14;;5*2-1(3)4;/h2-3,6-10H,4-5H2,1H3,(H,18,20);;;;;;;1H3/q;+4;5*-1;/p+1. The van der Waals surface area contributed by atoms with Gasteiger partial charge in [-0.2, -0.15) is 0 Å². The summed E-state index contributed by atoms with van der Waals surface area (Å²) in [6.07, 6.45) is 2.28. The monoisotopic (exact) mass is 786 g/mol. The van der Waals surface area contributed by atoms with Gasteiger partial charge in [0.25, 0.3) is 0 Å². The Labute approximate surface area is 280 Å². The Morgan fingerprint density at radius 3 is 1.56 bits per heavy atom. The third-order valence-corrected chi connectivity index (χ3v) is 5.76. The fourth-order valence-electron chi connectivity index (χ4n) is 3.47.